The Morgan fingerprint density at radius 1 is 1.18 bits per heavy atom. The third-order valence-electron chi connectivity index (χ3n) is 2.46. The molecular formula is C12H27NO3S. The third kappa shape index (κ3) is 10.7. The van der Waals surface area contributed by atoms with Gasteiger partial charge in [0.15, 0.2) is 9.84 Å². The number of rotatable bonds is 10. The summed E-state index contributed by atoms with van der Waals surface area (Å²) < 4.78 is 28.1. The molecule has 1 atom stereocenters. The Balaban J connectivity index is 3.49. The van der Waals surface area contributed by atoms with Crippen molar-refractivity contribution >= 4 is 9.84 Å². The molecule has 0 saturated carbocycles. The molecule has 0 saturated heterocycles. The van der Waals surface area contributed by atoms with Crippen LogP contribution in [0.15, 0.2) is 0 Å². The lowest BCUT2D eigenvalue weighted by Crippen LogP contribution is -2.34. The summed E-state index contributed by atoms with van der Waals surface area (Å²) >= 11 is 0. The molecule has 0 spiro atoms. The normalized spacial score (nSPS) is 14.2. The molecule has 0 aliphatic rings. The van der Waals surface area contributed by atoms with E-state index in [1.165, 1.54) is 0 Å². The zero-order chi connectivity index (χ0) is 13.3. The summed E-state index contributed by atoms with van der Waals surface area (Å²) in [5, 5.41) is 3.23. The summed E-state index contributed by atoms with van der Waals surface area (Å²) in [6.07, 6.45) is 2.32. The lowest BCUT2D eigenvalue weighted by molar-refractivity contribution is 0.0760. The molecule has 17 heavy (non-hydrogen) atoms. The second-order valence-corrected chi connectivity index (χ2v) is 7.08. The summed E-state index contributed by atoms with van der Waals surface area (Å²) in [5.41, 5.74) is 0. The molecule has 0 aromatic rings. The van der Waals surface area contributed by atoms with Crippen LogP contribution in [0.1, 0.15) is 40.5 Å². The van der Waals surface area contributed by atoms with Crippen LogP contribution in [0.25, 0.3) is 0 Å². The molecule has 0 aromatic heterocycles. The minimum Gasteiger partial charge on any atom is -0.379 e. The monoisotopic (exact) mass is 265 g/mol. The summed E-state index contributed by atoms with van der Waals surface area (Å²) in [5.74, 6) is 0.452. The van der Waals surface area contributed by atoms with E-state index in [1.54, 1.807) is 6.92 Å². The van der Waals surface area contributed by atoms with Gasteiger partial charge in [0.1, 0.15) is 0 Å². The Hall–Kier alpha value is -0.130. The first kappa shape index (κ1) is 16.9. The van der Waals surface area contributed by atoms with Gasteiger partial charge in [-0.05, 0) is 40.2 Å². The molecular weight excluding hydrogens is 238 g/mol. The average Bonchev–Trinajstić information content (AvgIpc) is 2.22. The first-order chi connectivity index (χ1) is 7.87. The maximum Gasteiger partial charge on any atom is 0.151 e. The van der Waals surface area contributed by atoms with Gasteiger partial charge in [-0.1, -0.05) is 6.92 Å². The molecule has 0 fully saturated rings. The molecule has 5 heteroatoms. The predicted molar refractivity (Wildman–Crippen MR) is 72.1 cm³/mol. The van der Waals surface area contributed by atoms with E-state index in [4.69, 9.17) is 4.74 Å². The molecule has 4 nitrogen and oxygen atoms in total. The first-order valence-electron chi connectivity index (χ1n) is 6.42. The SMILES string of the molecule is CCS(=O)(=O)CC(C)NCCCCOC(C)C. The largest absolute Gasteiger partial charge is 0.379 e. The maximum absolute atomic E-state index is 11.4. The molecule has 0 amide bonds. The van der Waals surface area contributed by atoms with Gasteiger partial charge in [0.2, 0.25) is 0 Å². The van der Waals surface area contributed by atoms with E-state index >= 15 is 0 Å². The highest BCUT2D eigenvalue weighted by Crippen LogP contribution is 1.96. The van der Waals surface area contributed by atoms with Gasteiger partial charge in [-0.25, -0.2) is 8.42 Å². The minimum absolute atomic E-state index is 0.0333. The predicted octanol–water partition coefficient (Wildman–Crippen LogP) is 1.60. The molecule has 0 aromatic carbocycles. The van der Waals surface area contributed by atoms with Gasteiger partial charge < -0.3 is 10.1 Å². The second kappa shape index (κ2) is 8.89. The molecule has 0 heterocycles. The van der Waals surface area contributed by atoms with Crippen LogP contribution < -0.4 is 5.32 Å². The number of hydrogen-bond acceptors (Lipinski definition) is 4. The zero-order valence-corrected chi connectivity index (χ0v) is 12.3. The van der Waals surface area contributed by atoms with Gasteiger partial charge in [0, 0.05) is 18.4 Å². The molecule has 0 radical (unpaired) electrons. The Kier molecular flexibility index (Phi) is 8.82. The summed E-state index contributed by atoms with van der Waals surface area (Å²) in [7, 11) is -2.86. The Morgan fingerprint density at radius 3 is 2.35 bits per heavy atom. The molecule has 0 aliphatic carbocycles. The highest BCUT2D eigenvalue weighted by Gasteiger charge is 2.12. The van der Waals surface area contributed by atoms with E-state index in [-0.39, 0.29) is 23.7 Å². The van der Waals surface area contributed by atoms with Crippen LogP contribution in [-0.2, 0) is 14.6 Å². The van der Waals surface area contributed by atoms with E-state index in [9.17, 15) is 8.42 Å². The summed E-state index contributed by atoms with van der Waals surface area (Å²) in [4.78, 5) is 0. The van der Waals surface area contributed by atoms with Crippen LogP contribution in [0.4, 0.5) is 0 Å². The topological polar surface area (TPSA) is 55.4 Å². The average molecular weight is 265 g/mol. The van der Waals surface area contributed by atoms with Crippen molar-refractivity contribution in [3.8, 4) is 0 Å². The van der Waals surface area contributed by atoms with Crippen molar-refractivity contribution in [1.82, 2.24) is 5.32 Å². The van der Waals surface area contributed by atoms with Crippen LogP contribution in [0.2, 0.25) is 0 Å². The number of nitrogens with one attached hydrogen (secondary N) is 1. The number of sulfone groups is 1. The fraction of sp³-hybridized carbons (Fsp3) is 1.00. The van der Waals surface area contributed by atoms with E-state index in [2.05, 4.69) is 5.32 Å². The van der Waals surface area contributed by atoms with Gasteiger partial charge in [0.25, 0.3) is 0 Å². The molecule has 0 aliphatic heterocycles. The summed E-state index contributed by atoms with van der Waals surface area (Å²) in [6, 6.07) is 0.0333. The van der Waals surface area contributed by atoms with Crippen LogP contribution in [0.3, 0.4) is 0 Å². The smallest absolute Gasteiger partial charge is 0.151 e. The van der Waals surface area contributed by atoms with E-state index in [0.29, 0.717) is 0 Å². The van der Waals surface area contributed by atoms with Crippen molar-refractivity contribution in [3.05, 3.63) is 0 Å². The molecule has 1 unspecified atom stereocenters. The Bertz CT molecular complexity index is 275. The van der Waals surface area contributed by atoms with Crippen LogP contribution in [0.5, 0.6) is 0 Å². The number of hydrogen-bond donors (Lipinski definition) is 1. The highest BCUT2D eigenvalue weighted by molar-refractivity contribution is 7.91. The number of unbranched alkanes of at least 4 members (excludes halogenated alkanes) is 1. The third-order valence-corrected chi connectivity index (χ3v) is 4.35. The van der Waals surface area contributed by atoms with Crippen molar-refractivity contribution in [2.24, 2.45) is 0 Å². The van der Waals surface area contributed by atoms with Crippen LogP contribution >= 0.6 is 0 Å². The van der Waals surface area contributed by atoms with E-state index in [1.807, 2.05) is 20.8 Å². The van der Waals surface area contributed by atoms with Gasteiger partial charge in [-0.15, -0.1) is 0 Å². The second-order valence-electron chi connectivity index (χ2n) is 4.68. The molecule has 0 bridgehead atoms. The van der Waals surface area contributed by atoms with Crippen LogP contribution in [-0.4, -0.2) is 45.2 Å². The maximum atomic E-state index is 11.4. The van der Waals surface area contributed by atoms with E-state index < -0.39 is 9.84 Å². The minimum atomic E-state index is -2.86. The fourth-order valence-electron chi connectivity index (χ4n) is 1.45. The van der Waals surface area contributed by atoms with Gasteiger partial charge in [-0.3, -0.25) is 0 Å². The summed E-state index contributed by atoms with van der Waals surface area (Å²) in [6.45, 7) is 9.28. The fourth-order valence-corrected chi connectivity index (χ4v) is 2.57. The van der Waals surface area contributed by atoms with Crippen LogP contribution in [0, 0.1) is 0 Å². The standard InChI is InChI=1S/C12H27NO3S/c1-5-17(14,15)10-12(4)13-8-6-7-9-16-11(2)3/h11-13H,5-10H2,1-4H3. The lowest BCUT2D eigenvalue weighted by atomic mass is 10.3. The molecule has 0 rings (SSSR count). The number of ether oxygens (including phenoxy) is 1. The van der Waals surface area contributed by atoms with Crippen molar-refractivity contribution in [2.75, 3.05) is 24.7 Å². The van der Waals surface area contributed by atoms with Crippen molar-refractivity contribution in [2.45, 2.75) is 52.7 Å². The highest BCUT2D eigenvalue weighted by atomic mass is 32.2. The molecule has 1 N–H and O–H groups in total. The first-order valence-corrected chi connectivity index (χ1v) is 8.25. The van der Waals surface area contributed by atoms with Crippen molar-refractivity contribution < 1.29 is 13.2 Å². The van der Waals surface area contributed by atoms with Gasteiger partial charge >= 0.3 is 0 Å². The van der Waals surface area contributed by atoms with Crippen molar-refractivity contribution in [3.63, 3.8) is 0 Å². The Labute approximate surface area is 106 Å². The molecule has 104 valence electrons. The zero-order valence-electron chi connectivity index (χ0n) is 11.5. The van der Waals surface area contributed by atoms with Gasteiger partial charge in [0.05, 0.1) is 11.9 Å². The quantitative estimate of drug-likeness (QED) is 0.610. The van der Waals surface area contributed by atoms with Crippen molar-refractivity contribution in [1.29, 1.82) is 0 Å². The van der Waals surface area contributed by atoms with E-state index in [0.717, 1.165) is 26.0 Å². The lowest BCUT2D eigenvalue weighted by Gasteiger charge is -2.13. The van der Waals surface area contributed by atoms with Gasteiger partial charge in [-0.2, -0.15) is 0 Å². The Morgan fingerprint density at radius 2 is 1.82 bits per heavy atom.